The number of carbonyl (C=O) groups excluding carboxylic acids is 2. The summed E-state index contributed by atoms with van der Waals surface area (Å²) in [6, 6.07) is 6.74. The van der Waals surface area contributed by atoms with Gasteiger partial charge in [0.25, 0.3) is 5.91 Å². The molecule has 0 saturated heterocycles. The van der Waals surface area contributed by atoms with Crippen LogP contribution in [0.1, 0.15) is 24.2 Å². The lowest BCUT2D eigenvalue weighted by atomic mass is 10.2. The van der Waals surface area contributed by atoms with Gasteiger partial charge in [-0.3, -0.25) is 9.59 Å². The van der Waals surface area contributed by atoms with Gasteiger partial charge in [0.15, 0.2) is 0 Å². The number of hydrogen-bond donors (Lipinski definition) is 2. The fraction of sp³-hybridized carbons (Fsp3) is 0.385. The second-order valence-electron chi connectivity index (χ2n) is 4.38. The number of nitrogens with one attached hydrogen (secondary N) is 1. The first kappa shape index (κ1) is 14.0. The number of hydrogen-bond acceptors (Lipinski definition) is 3. The van der Waals surface area contributed by atoms with E-state index in [4.69, 9.17) is 10.5 Å². The third-order valence-corrected chi connectivity index (χ3v) is 2.12. The van der Waals surface area contributed by atoms with Gasteiger partial charge in [0.2, 0.25) is 5.91 Å². The molecule has 0 unspecified atom stereocenters. The molecule has 0 radical (unpaired) electrons. The smallest absolute Gasteiger partial charge is 0.251 e. The summed E-state index contributed by atoms with van der Waals surface area (Å²) in [7, 11) is 0. The number of ether oxygens (including phenoxy) is 1. The van der Waals surface area contributed by atoms with Crippen LogP contribution in [0.3, 0.4) is 0 Å². The summed E-state index contributed by atoms with van der Waals surface area (Å²) in [5.41, 5.74) is 5.40. The first-order valence-electron chi connectivity index (χ1n) is 5.78. The van der Waals surface area contributed by atoms with Gasteiger partial charge in [-0.15, -0.1) is 0 Å². The second kappa shape index (κ2) is 6.64. The molecule has 1 aromatic rings. The molecule has 0 aromatic heterocycles. The largest absolute Gasteiger partial charge is 0.493 e. The van der Waals surface area contributed by atoms with Crippen molar-refractivity contribution >= 4 is 11.8 Å². The molecule has 0 heterocycles. The van der Waals surface area contributed by atoms with Crippen molar-refractivity contribution in [2.24, 2.45) is 11.7 Å². The average Bonchev–Trinajstić information content (AvgIpc) is 2.34. The normalized spacial score (nSPS) is 10.2. The van der Waals surface area contributed by atoms with Crippen LogP contribution in [0.15, 0.2) is 24.3 Å². The summed E-state index contributed by atoms with van der Waals surface area (Å²) in [4.78, 5) is 22.1. The SMILES string of the molecule is CC(C)COc1ccc(C(=O)NCC(N)=O)cc1. The van der Waals surface area contributed by atoms with Crippen molar-refractivity contribution in [3.8, 4) is 5.75 Å². The van der Waals surface area contributed by atoms with Crippen LogP contribution in [-0.4, -0.2) is 25.0 Å². The third kappa shape index (κ3) is 4.86. The van der Waals surface area contributed by atoms with Gasteiger partial charge in [-0.1, -0.05) is 13.8 Å². The van der Waals surface area contributed by atoms with Crippen LogP contribution in [0, 0.1) is 5.92 Å². The van der Waals surface area contributed by atoms with Gasteiger partial charge in [0, 0.05) is 5.56 Å². The summed E-state index contributed by atoms with van der Waals surface area (Å²) in [6.07, 6.45) is 0. The molecule has 98 valence electrons. The minimum absolute atomic E-state index is 0.162. The second-order valence-corrected chi connectivity index (χ2v) is 4.38. The predicted molar refractivity (Wildman–Crippen MR) is 68.3 cm³/mol. The van der Waals surface area contributed by atoms with E-state index in [2.05, 4.69) is 19.2 Å². The van der Waals surface area contributed by atoms with E-state index in [0.29, 0.717) is 18.1 Å². The highest BCUT2D eigenvalue weighted by Crippen LogP contribution is 2.13. The topological polar surface area (TPSA) is 81.4 Å². The van der Waals surface area contributed by atoms with E-state index in [0.717, 1.165) is 5.75 Å². The summed E-state index contributed by atoms with van der Waals surface area (Å²) in [5, 5.41) is 2.41. The van der Waals surface area contributed by atoms with Crippen molar-refractivity contribution in [1.82, 2.24) is 5.32 Å². The Hall–Kier alpha value is -2.04. The fourth-order valence-electron chi connectivity index (χ4n) is 1.23. The quantitative estimate of drug-likeness (QED) is 0.788. The number of carbonyl (C=O) groups is 2. The molecule has 0 saturated carbocycles. The molecule has 0 spiro atoms. The van der Waals surface area contributed by atoms with E-state index in [1.807, 2.05) is 0 Å². The summed E-state index contributed by atoms with van der Waals surface area (Å²) in [5.74, 6) is 0.267. The minimum Gasteiger partial charge on any atom is -0.493 e. The molecule has 0 aliphatic carbocycles. The molecule has 0 bridgehead atoms. The molecule has 1 aromatic carbocycles. The summed E-state index contributed by atoms with van der Waals surface area (Å²) < 4.78 is 5.49. The third-order valence-electron chi connectivity index (χ3n) is 2.12. The van der Waals surface area contributed by atoms with Crippen molar-refractivity contribution in [3.63, 3.8) is 0 Å². The molecule has 0 aliphatic rings. The van der Waals surface area contributed by atoms with Gasteiger partial charge in [-0.2, -0.15) is 0 Å². The highest BCUT2D eigenvalue weighted by molar-refractivity contribution is 5.96. The van der Waals surface area contributed by atoms with Crippen LogP contribution in [0.4, 0.5) is 0 Å². The van der Waals surface area contributed by atoms with Crippen LogP contribution in [0.5, 0.6) is 5.75 Å². The van der Waals surface area contributed by atoms with E-state index >= 15 is 0 Å². The summed E-state index contributed by atoms with van der Waals surface area (Å²) in [6.45, 7) is 4.59. The molecular weight excluding hydrogens is 232 g/mol. The number of amides is 2. The highest BCUT2D eigenvalue weighted by atomic mass is 16.5. The lowest BCUT2D eigenvalue weighted by Crippen LogP contribution is -2.33. The average molecular weight is 250 g/mol. The van der Waals surface area contributed by atoms with Crippen molar-refractivity contribution in [3.05, 3.63) is 29.8 Å². The van der Waals surface area contributed by atoms with Gasteiger partial charge in [0.1, 0.15) is 5.75 Å². The van der Waals surface area contributed by atoms with Gasteiger partial charge in [-0.05, 0) is 30.2 Å². The molecule has 2 amide bonds. The Morgan fingerprint density at radius 1 is 1.28 bits per heavy atom. The Bertz CT molecular complexity index is 413. The highest BCUT2D eigenvalue weighted by Gasteiger charge is 2.06. The van der Waals surface area contributed by atoms with Gasteiger partial charge >= 0.3 is 0 Å². The van der Waals surface area contributed by atoms with Crippen molar-refractivity contribution in [2.45, 2.75) is 13.8 Å². The molecule has 0 fully saturated rings. The number of primary amides is 1. The fourth-order valence-corrected chi connectivity index (χ4v) is 1.23. The molecule has 3 N–H and O–H groups in total. The Kier molecular flexibility index (Phi) is 5.17. The maximum atomic E-state index is 11.6. The molecule has 5 nitrogen and oxygen atoms in total. The molecule has 1 rings (SSSR count). The maximum Gasteiger partial charge on any atom is 0.251 e. The van der Waals surface area contributed by atoms with Gasteiger partial charge in [-0.25, -0.2) is 0 Å². The van der Waals surface area contributed by atoms with Crippen molar-refractivity contribution in [2.75, 3.05) is 13.2 Å². The van der Waals surface area contributed by atoms with E-state index in [-0.39, 0.29) is 12.5 Å². The zero-order valence-electron chi connectivity index (χ0n) is 10.6. The van der Waals surface area contributed by atoms with Crippen LogP contribution < -0.4 is 15.8 Å². The molecule has 18 heavy (non-hydrogen) atoms. The Balaban J connectivity index is 2.53. The molecule has 0 atom stereocenters. The predicted octanol–water partition coefficient (Wildman–Crippen LogP) is 0.936. The van der Waals surface area contributed by atoms with Crippen molar-refractivity contribution in [1.29, 1.82) is 0 Å². The Morgan fingerprint density at radius 2 is 1.89 bits per heavy atom. The molecular formula is C13H18N2O3. The van der Waals surface area contributed by atoms with Crippen LogP contribution in [0.25, 0.3) is 0 Å². The Morgan fingerprint density at radius 3 is 2.39 bits per heavy atom. The van der Waals surface area contributed by atoms with E-state index in [1.54, 1.807) is 24.3 Å². The first-order valence-corrected chi connectivity index (χ1v) is 5.78. The standard InChI is InChI=1S/C13H18N2O3/c1-9(2)8-18-11-5-3-10(4-6-11)13(17)15-7-12(14)16/h3-6,9H,7-8H2,1-2H3,(H2,14,16)(H,15,17). The lowest BCUT2D eigenvalue weighted by Gasteiger charge is -2.09. The minimum atomic E-state index is -0.569. The van der Waals surface area contributed by atoms with E-state index < -0.39 is 5.91 Å². The van der Waals surface area contributed by atoms with E-state index in [1.165, 1.54) is 0 Å². The zero-order chi connectivity index (χ0) is 13.5. The molecule has 0 aliphatic heterocycles. The lowest BCUT2D eigenvalue weighted by molar-refractivity contribution is -0.117. The number of rotatable bonds is 6. The van der Waals surface area contributed by atoms with Crippen LogP contribution >= 0.6 is 0 Å². The monoisotopic (exact) mass is 250 g/mol. The first-order chi connectivity index (χ1) is 8.49. The van der Waals surface area contributed by atoms with Gasteiger partial charge in [0.05, 0.1) is 13.2 Å². The van der Waals surface area contributed by atoms with Crippen LogP contribution in [0.2, 0.25) is 0 Å². The van der Waals surface area contributed by atoms with Crippen molar-refractivity contribution < 1.29 is 14.3 Å². The molecule has 5 heteroatoms. The summed E-state index contributed by atoms with van der Waals surface area (Å²) >= 11 is 0. The van der Waals surface area contributed by atoms with Gasteiger partial charge < -0.3 is 15.8 Å². The zero-order valence-corrected chi connectivity index (χ0v) is 10.6. The Labute approximate surface area is 106 Å². The number of nitrogens with two attached hydrogens (primary N) is 1. The number of benzene rings is 1. The maximum absolute atomic E-state index is 11.6. The van der Waals surface area contributed by atoms with E-state index in [9.17, 15) is 9.59 Å². The van der Waals surface area contributed by atoms with Crippen LogP contribution in [-0.2, 0) is 4.79 Å².